The van der Waals surface area contributed by atoms with Gasteiger partial charge in [0.05, 0.1) is 13.2 Å². The molecule has 1 amide bonds. The minimum absolute atomic E-state index is 0.178. The molecule has 30 heavy (non-hydrogen) atoms. The Morgan fingerprint density at radius 3 is 2.27 bits per heavy atom. The first kappa shape index (κ1) is 24.4. The van der Waals surface area contributed by atoms with Gasteiger partial charge in [0.25, 0.3) is 5.91 Å². The molecule has 1 aromatic carbocycles. The molecule has 170 valence electrons. The van der Waals surface area contributed by atoms with Crippen LogP contribution in [-0.4, -0.2) is 57.3 Å². The summed E-state index contributed by atoms with van der Waals surface area (Å²) in [5.41, 5.74) is -0.289. The number of para-hydroxylation sites is 1. The van der Waals surface area contributed by atoms with E-state index in [-0.39, 0.29) is 18.9 Å². The quantitative estimate of drug-likeness (QED) is 0.473. The molecule has 1 saturated heterocycles. The van der Waals surface area contributed by atoms with E-state index in [9.17, 15) is 35.2 Å². The number of benzene rings is 1. The average Bonchev–Trinajstić information content (AvgIpc) is 2.66. The summed E-state index contributed by atoms with van der Waals surface area (Å²) in [4.78, 5) is 12.0. The highest BCUT2D eigenvalue weighted by Gasteiger charge is 2.72. The molecule has 0 aliphatic carbocycles. The van der Waals surface area contributed by atoms with Gasteiger partial charge in [-0.2, -0.15) is 21.6 Å². The second-order valence-corrected chi connectivity index (χ2v) is 8.29. The highest BCUT2D eigenvalue weighted by atomic mass is 32.2. The van der Waals surface area contributed by atoms with Crippen LogP contribution >= 0.6 is 0 Å². The number of ether oxygens (including phenoxy) is 2. The molecule has 0 aromatic heterocycles. The number of hydrogen-bond donors (Lipinski definition) is 1. The Balaban J connectivity index is 2.28. The van der Waals surface area contributed by atoms with E-state index < -0.39 is 52.2 Å². The first-order valence-corrected chi connectivity index (χ1v) is 10.1. The summed E-state index contributed by atoms with van der Waals surface area (Å²) in [6.07, 6.45) is -8.46. The van der Waals surface area contributed by atoms with Gasteiger partial charge < -0.3 is 14.8 Å². The number of anilines is 1. The molecular weight excluding hydrogens is 441 g/mol. The maximum absolute atomic E-state index is 14.9. The molecule has 2 rings (SSSR count). The van der Waals surface area contributed by atoms with Gasteiger partial charge in [0, 0.05) is 12.1 Å². The van der Waals surface area contributed by atoms with E-state index in [0.717, 1.165) is 12.1 Å². The number of carbonyl (C=O) groups excluding carboxylic acids is 1. The van der Waals surface area contributed by atoms with E-state index in [1.807, 2.05) is 0 Å². The van der Waals surface area contributed by atoms with Crippen molar-refractivity contribution in [1.82, 2.24) is 0 Å². The molecule has 0 bridgehead atoms. The Morgan fingerprint density at radius 1 is 1.20 bits per heavy atom. The zero-order valence-electron chi connectivity index (χ0n) is 15.7. The SMILES string of the molecule is CC1(CC(CF)OS(=O)(=O)C(F)(C(=O)Nc2ccccc2)C(F)(F)F)OCCCO1. The summed E-state index contributed by atoms with van der Waals surface area (Å²) in [6.45, 7) is 0.0593. The normalized spacial score (nSPS) is 20.2. The van der Waals surface area contributed by atoms with Crippen molar-refractivity contribution < 1.29 is 48.8 Å². The Bertz CT molecular complexity index is 829. The first-order valence-electron chi connectivity index (χ1n) is 8.73. The van der Waals surface area contributed by atoms with Crippen LogP contribution < -0.4 is 5.32 Å². The second kappa shape index (κ2) is 9.12. The topological polar surface area (TPSA) is 90.9 Å². The lowest BCUT2D eigenvalue weighted by atomic mass is 10.1. The lowest BCUT2D eigenvalue weighted by molar-refractivity contribution is -0.266. The van der Waals surface area contributed by atoms with Crippen molar-refractivity contribution in [2.45, 2.75) is 42.8 Å². The van der Waals surface area contributed by atoms with Crippen LogP contribution in [0.25, 0.3) is 0 Å². The monoisotopic (exact) mass is 461 g/mol. The lowest BCUT2D eigenvalue weighted by Gasteiger charge is -2.36. The third-order valence-electron chi connectivity index (χ3n) is 4.17. The number of alkyl halides is 5. The summed E-state index contributed by atoms with van der Waals surface area (Å²) >= 11 is 0. The van der Waals surface area contributed by atoms with Gasteiger partial charge in [-0.1, -0.05) is 18.2 Å². The third kappa shape index (κ3) is 5.25. The number of carbonyl (C=O) groups is 1. The van der Waals surface area contributed by atoms with Crippen molar-refractivity contribution in [3.63, 3.8) is 0 Å². The van der Waals surface area contributed by atoms with Gasteiger partial charge in [-0.05, 0) is 25.5 Å². The maximum atomic E-state index is 14.9. The second-order valence-electron chi connectivity index (χ2n) is 6.63. The number of amides is 1. The van der Waals surface area contributed by atoms with E-state index in [4.69, 9.17) is 9.47 Å². The molecule has 0 radical (unpaired) electrons. The van der Waals surface area contributed by atoms with E-state index in [0.29, 0.717) is 6.42 Å². The molecule has 1 aliphatic rings. The zero-order valence-corrected chi connectivity index (χ0v) is 16.6. The Hall–Kier alpha value is -1.83. The van der Waals surface area contributed by atoms with Crippen molar-refractivity contribution >= 4 is 21.7 Å². The van der Waals surface area contributed by atoms with E-state index in [2.05, 4.69) is 4.18 Å². The van der Waals surface area contributed by atoms with Crippen LogP contribution in [-0.2, 0) is 28.6 Å². The molecule has 1 heterocycles. The van der Waals surface area contributed by atoms with Gasteiger partial charge in [-0.15, -0.1) is 0 Å². The van der Waals surface area contributed by atoms with Crippen LogP contribution in [0.3, 0.4) is 0 Å². The van der Waals surface area contributed by atoms with Crippen molar-refractivity contribution in [1.29, 1.82) is 0 Å². The summed E-state index contributed by atoms with van der Waals surface area (Å²) < 4.78 is 108. The molecule has 1 N–H and O–H groups in total. The molecule has 0 spiro atoms. The predicted molar refractivity (Wildman–Crippen MR) is 94.3 cm³/mol. The van der Waals surface area contributed by atoms with Crippen LogP contribution in [0.1, 0.15) is 19.8 Å². The first-order chi connectivity index (χ1) is 13.8. The Morgan fingerprint density at radius 2 is 1.77 bits per heavy atom. The highest BCUT2D eigenvalue weighted by molar-refractivity contribution is 7.89. The van der Waals surface area contributed by atoms with Gasteiger partial charge in [-0.25, -0.2) is 8.78 Å². The summed E-state index contributed by atoms with van der Waals surface area (Å²) in [5.74, 6) is -4.09. The number of halogens is 5. The standard InChI is InChI=1S/C17H20F5NO6S/c1-15(27-8-5-9-28-15)10-13(11-18)29-30(25,26)16(19,17(20,21)22)14(24)23-12-6-3-2-4-7-12/h2-4,6-7,13H,5,8-11H2,1H3,(H,23,24). The van der Waals surface area contributed by atoms with Gasteiger partial charge in [0.2, 0.25) is 0 Å². The van der Waals surface area contributed by atoms with Gasteiger partial charge in [-0.3, -0.25) is 8.98 Å². The molecule has 2 unspecified atom stereocenters. The van der Waals surface area contributed by atoms with Gasteiger partial charge >= 0.3 is 21.3 Å². The van der Waals surface area contributed by atoms with Crippen LogP contribution in [0.15, 0.2) is 30.3 Å². The smallest absolute Gasteiger partial charge is 0.350 e. The average molecular weight is 461 g/mol. The number of nitrogens with one attached hydrogen (secondary N) is 1. The molecular formula is C17H20F5NO6S. The minimum Gasteiger partial charge on any atom is -0.350 e. The highest BCUT2D eigenvalue weighted by Crippen LogP contribution is 2.41. The maximum Gasteiger partial charge on any atom is 0.449 e. The summed E-state index contributed by atoms with van der Waals surface area (Å²) in [7, 11) is -6.34. The fourth-order valence-electron chi connectivity index (χ4n) is 2.68. The molecule has 13 heteroatoms. The Labute approximate surface area is 169 Å². The van der Waals surface area contributed by atoms with Crippen molar-refractivity contribution in [3.8, 4) is 0 Å². The summed E-state index contributed by atoms with van der Waals surface area (Å²) in [6, 6.07) is 6.33. The molecule has 0 saturated carbocycles. The molecule has 2 atom stereocenters. The molecule has 7 nitrogen and oxygen atoms in total. The zero-order chi connectivity index (χ0) is 22.6. The summed E-state index contributed by atoms with van der Waals surface area (Å²) in [5, 5.41) is -3.95. The molecule has 1 fully saturated rings. The van der Waals surface area contributed by atoms with Gasteiger partial charge in [0.15, 0.2) is 5.79 Å². The van der Waals surface area contributed by atoms with Crippen LogP contribution in [0.4, 0.5) is 27.6 Å². The minimum atomic E-state index is -6.34. The fraction of sp³-hybridized carbons (Fsp3) is 0.588. The van der Waals surface area contributed by atoms with Crippen LogP contribution in [0.5, 0.6) is 0 Å². The van der Waals surface area contributed by atoms with E-state index in [1.54, 1.807) is 0 Å². The Kier molecular flexibility index (Phi) is 7.43. The predicted octanol–water partition coefficient (Wildman–Crippen LogP) is 3.08. The van der Waals surface area contributed by atoms with Crippen molar-refractivity contribution in [3.05, 3.63) is 30.3 Å². The lowest BCUT2D eigenvalue weighted by Crippen LogP contribution is -2.58. The fourth-order valence-corrected chi connectivity index (χ4v) is 3.86. The van der Waals surface area contributed by atoms with E-state index >= 15 is 0 Å². The number of rotatable bonds is 8. The van der Waals surface area contributed by atoms with Gasteiger partial charge in [0.1, 0.15) is 12.8 Å². The van der Waals surface area contributed by atoms with E-state index in [1.165, 1.54) is 30.4 Å². The van der Waals surface area contributed by atoms with Crippen molar-refractivity contribution in [2.75, 3.05) is 25.2 Å². The molecule has 1 aromatic rings. The number of hydrogen-bond acceptors (Lipinski definition) is 6. The van der Waals surface area contributed by atoms with Crippen LogP contribution in [0.2, 0.25) is 0 Å². The third-order valence-corrected chi connectivity index (χ3v) is 5.80. The largest absolute Gasteiger partial charge is 0.449 e. The van der Waals surface area contributed by atoms with Crippen molar-refractivity contribution in [2.24, 2.45) is 0 Å². The van der Waals surface area contributed by atoms with Crippen LogP contribution in [0, 0.1) is 0 Å². The molecule has 1 aliphatic heterocycles.